The van der Waals surface area contributed by atoms with Gasteiger partial charge in [0.05, 0.1) is 25.1 Å². The molecule has 1 N–H and O–H groups in total. The summed E-state index contributed by atoms with van der Waals surface area (Å²) in [5.74, 6) is -0.311. The van der Waals surface area contributed by atoms with Gasteiger partial charge in [0, 0.05) is 42.5 Å². The zero-order chi connectivity index (χ0) is 18.5. The van der Waals surface area contributed by atoms with Crippen molar-refractivity contribution in [3.63, 3.8) is 0 Å². The van der Waals surface area contributed by atoms with Crippen LogP contribution in [-0.4, -0.2) is 52.1 Å². The lowest BCUT2D eigenvalue weighted by Gasteiger charge is -2.26. The van der Waals surface area contributed by atoms with Crippen LogP contribution in [0, 0.1) is 0 Å². The summed E-state index contributed by atoms with van der Waals surface area (Å²) in [6.07, 6.45) is 4.47. The number of benzene rings is 1. The summed E-state index contributed by atoms with van der Waals surface area (Å²) in [5.41, 5.74) is 2.21. The molecular formula is C19H19N5O2S. The third-order valence-corrected chi connectivity index (χ3v) is 5.19. The van der Waals surface area contributed by atoms with E-state index < -0.39 is 0 Å². The van der Waals surface area contributed by atoms with Crippen molar-refractivity contribution in [3.05, 3.63) is 59.5 Å². The summed E-state index contributed by atoms with van der Waals surface area (Å²) in [6, 6.07) is 10.0. The predicted octanol–water partition coefficient (Wildman–Crippen LogP) is 2.68. The second kappa shape index (κ2) is 8.34. The van der Waals surface area contributed by atoms with Gasteiger partial charge in [-0.1, -0.05) is 41.7 Å². The molecule has 1 aliphatic rings. The van der Waals surface area contributed by atoms with Crippen LogP contribution in [0.25, 0.3) is 11.3 Å². The Balaban J connectivity index is 1.60. The molecule has 1 aliphatic heterocycles. The minimum Gasteiger partial charge on any atom is -0.379 e. The van der Waals surface area contributed by atoms with Crippen molar-refractivity contribution < 1.29 is 9.53 Å². The maximum atomic E-state index is 12.4. The maximum Gasteiger partial charge on any atom is 0.277 e. The Labute approximate surface area is 161 Å². The van der Waals surface area contributed by atoms with Gasteiger partial charge in [0.25, 0.3) is 5.91 Å². The number of carbonyl (C=O) groups is 1. The normalized spacial score (nSPS) is 14.8. The highest BCUT2D eigenvalue weighted by Gasteiger charge is 2.19. The Hall–Kier alpha value is -2.68. The molecule has 1 saturated heterocycles. The number of hydrogen-bond acceptors (Lipinski definition) is 7. The summed E-state index contributed by atoms with van der Waals surface area (Å²) in [5, 5.41) is 3.41. The standard InChI is InChI=1S/C19H19N5O2S/c25-18(15-12-20-6-7-21-15)23-19-22-17(14-4-2-1-3-5-14)16(27-19)13-24-8-10-26-11-9-24/h1-7,12H,8-11,13H2,(H,22,23,25). The van der Waals surface area contributed by atoms with Gasteiger partial charge in [0.1, 0.15) is 5.69 Å². The molecule has 8 heteroatoms. The fourth-order valence-corrected chi connectivity index (χ4v) is 3.90. The van der Waals surface area contributed by atoms with E-state index in [1.54, 1.807) is 0 Å². The lowest BCUT2D eigenvalue weighted by molar-refractivity contribution is 0.0347. The Morgan fingerprint density at radius 2 is 2.00 bits per heavy atom. The third kappa shape index (κ3) is 4.36. The minimum atomic E-state index is -0.311. The fraction of sp³-hybridized carbons (Fsp3) is 0.263. The molecule has 0 radical (unpaired) electrons. The molecule has 1 fully saturated rings. The van der Waals surface area contributed by atoms with Crippen molar-refractivity contribution in [1.29, 1.82) is 0 Å². The van der Waals surface area contributed by atoms with E-state index in [1.165, 1.54) is 29.9 Å². The van der Waals surface area contributed by atoms with Crippen LogP contribution >= 0.6 is 11.3 Å². The van der Waals surface area contributed by atoms with E-state index in [9.17, 15) is 4.79 Å². The summed E-state index contributed by atoms with van der Waals surface area (Å²) >= 11 is 1.50. The molecule has 2 aromatic heterocycles. The quantitative estimate of drug-likeness (QED) is 0.732. The van der Waals surface area contributed by atoms with Gasteiger partial charge in [-0.05, 0) is 0 Å². The summed E-state index contributed by atoms with van der Waals surface area (Å²) < 4.78 is 5.44. The SMILES string of the molecule is O=C(Nc1nc(-c2ccccc2)c(CN2CCOCC2)s1)c1cnccn1. The Morgan fingerprint density at radius 3 is 2.74 bits per heavy atom. The number of thiazole rings is 1. The van der Waals surface area contributed by atoms with E-state index in [2.05, 4.69) is 20.2 Å². The molecule has 0 aliphatic carbocycles. The van der Waals surface area contributed by atoms with E-state index in [0.29, 0.717) is 5.13 Å². The molecule has 1 aromatic carbocycles. The molecule has 0 saturated carbocycles. The molecule has 0 atom stereocenters. The first-order valence-electron chi connectivity index (χ1n) is 8.72. The van der Waals surface area contributed by atoms with Crippen molar-refractivity contribution in [2.24, 2.45) is 0 Å². The molecule has 3 heterocycles. The molecular weight excluding hydrogens is 362 g/mol. The van der Waals surface area contributed by atoms with Gasteiger partial charge in [0.15, 0.2) is 5.13 Å². The zero-order valence-electron chi connectivity index (χ0n) is 14.7. The summed E-state index contributed by atoms with van der Waals surface area (Å²) in [4.78, 5) is 28.5. The fourth-order valence-electron chi connectivity index (χ4n) is 2.87. The molecule has 3 aromatic rings. The largest absolute Gasteiger partial charge is 0.379 e. The monoisotopic (exact) mass is 381 g/mol. The lowest BCUT2D eigenvalue weighted by Crippen LogP contribution is -2.35. The van der Waals surface area contributed by atoms with Crippen molar-refractivity contribution in [2.75, 3.05) is 31.6 Å². The van der Waals surface area contributed by atoms with Crippen LogP contribution in [0.3, 0.4) is 0 Å². The maximum absolute atomic E-state index is 12.4. The highest BCUT2D eigenvalue weighted by Crippen LogP contribution is 2.32. The first-order valence-corrected chi connectivity index (χ1v) is 9.54. The van der Waals surface area contributed by atoms with Gasteiger partial charge < -0.3 is 4.74 Å². The Bertz CT molecular complexity index is 895. The molecule has 27 heavy (non-hydrogen) atoms. The molecule has 138 valence electrons. The van der Waals surface area contributed by atoms with E-state index in [1.807, 2.05) is 30.3 Å². The number of nitrogens with one attached hydrogen (secondary N) is 1. The van der Waals surface area contributed by atoms with Crippen LogP contribution in [0.15, 0.2) is 48.9 Å². The lowest BCUT2D eigenvalue weighted by atomic mass is 10.1. The topological polar surface area (TPSA) is 80.2 Å². The third-order valence-electron chi connectivity index (χ3n) is 4.23. The average Bonchev–Trinajstić information content (AvgIpc) is 3.12. The Morgan fingerprint density at radius 1 is 1.19 bits per heavy atom. The van der Waals surface area contributed by atoms with Crippen molar-refractivity contribution in [3.8, 4) is 11.3 Å². The van der Waals surface area contributed by atoms with Crippen LogP contribution < -0.4 is 5.32 Å². The van der Waals surface area contributed by atoms with E-state index in [4.69, 9.17) is 9.72 Å². The predicted molar refractivity (Wildman–Crippen MR) is 104 cm³/mol. The number of carbonyl (C=O) groups excluding carboxylic acids is 1. The number of ether oxygens (including phenoxy) is 1. The van der Waals surface area contributed by atoms with Gasteiger partial charge in [-0.25, -0.2) is 9.97 Å². The van der Waals surface area contributed by atoms with Crippen molar-refractivity contribution in [2.45, 2.75) is 6.54 Å². The molecule has 7 nitrogen and oxygen atoms in total. The number of rotatable bonds is 5. The molecule has 0 unspecified atom stereocenters. The number of aromatic nitrogens is 3. The highest BCUT2D eigenvalue weighted by molar-refractivity contribution is 7.16. The Kier molecular flexibility index (Phi) is 5.47. The summed E-state index contributed by atoms with van der Waals surface area (Å²) in [6.45, 7) is 4.07. The van der Waals surface area contributed by atoms with Crippen molar-refractivity contribution in [1.82, 2.24) is 19.9 Å². The van der Waals surface area contributed by atoms with Crippen LogP contribution in [-0.2, 0) is 11.3 Å². The number of hydrogen-bond donors (Lipinski definition) is 1. The molecule has 0 spiro atoms. The smallest absolute Gasteiger partial charge is 0.277 e. The van der Waals surface area contributed by atoms with E-state index in [-0.39, 0.29) is 11.6 Å². The van der Waals surface area contributed by atoms with Gasteiger partial charge >= 0.3 is 0 Å². The van der Waals surface area contributed by atoms with Gasteiger partial charge in [0.2, 0.25) is 0 Å². The first kappa shape index (κ1) is 17.7. The second-order valence-corrected chi connectivity index (χ2v) is 7.17. The molecule has 4 rings (SSSR count). The van der Waals surface area contributed by atoms with Gasteiger partial charge in [-0.3, -0.25) is 20.0 Å². The number of morpholine rings is 1. The van der Waals surface area contributed by atoms with Crippen LogP contribution in [0.5, 0.6) is 0 Å². The number of anilines is 1. The van der Waals surface area contributed by atoms with Crippen LogP contribution in [0.2, 0.25) is 0 Å². The molecule has 0 bridgehead atoms. The average molecular weight is 381 g/mol. The summed E-state index contributed by atoms with van der Waals surface area (Å²) in [7, 11) is 0. The second-order valence-electron chi connectivity index (χ2n) is 6.09. The van der Waals surface area contributed by atoms with Gasteiger partial charge in [-0.15, -0.1) is 0 Å². The van der Waals surface area contributed by atoms with Crippen LogP contribution in [0.1, 0.15) is 15.4 Å². The highest BCUT2D eigenvalue weighted by atomic mass is 32.1. The van der Waals surface area contributed by atoms with E-state index >= 15 is 0 Å². The number of amides is 1. The van der Waals surface area contributed by atoms with Crippen molar-refractivity contribution >= 4 is 22.4 Å². The van der Waals surface area contributed by atoms with Gasteiger partial charge in [-0.2, -0.15) is 0 Å². The van der Waals surface area contributed by atoms with E-state index in [0.717, 1.165) is 49.0 Å². The first-order chi connectivity index (χ1) is 13.3. The van der Waals surface area contributed by atoms with Crippen LogP contribution in [0.4, 0.5) is 5.13 Å². The molecule has 1 amide bonds. The zero-order valence-corrected chi connectivity index (χ0v) is 15.5. The number of nitrogens with zero attached hydrogens (tertiary/aromatic N) is 4. The minimum absolute atomic E-state index is 0.267.